The highest BCUT2D eigenvalue weighted by Crippen LogP contribution is 2.28. The Morgan fingerprint density at radius 3 is 2.71 bits per heavy atom. The van der Waals surface area contributed by atoms with E-state index in [-0.39, 0.29) is 17.0 Å². The fourth-order valence-corrected chi connectivity index (χ4v) is 3.53. The number of ether oxygens (including phenoxy) is 1. The van der Waals surface area contributed by atoms with Crippen molar-refractivity contribution < 1.29 is 9.53 Å². The summed E-state index contributed by atoms with van der Waals surface area (Å²) in [5.41, 5.74) is 7.42. The predicted octanol–water partition coefficient (Wildman–Crippen LogP) is 3.71. The van der Waals surface area contributed by atoms with E-state index in [1.54, 1.807) is 13.0 Å². The van der Waals surface area contributed by atoms with Crippen molar-refractivity contribution in [3.05, 3.63) is 38.0 Å². The van der Waals surface area contributed by atoms with Crippen molar-refractivity contribution in [2.75, 3.05) is 6.54 Å². The number of amides is 1. The average Bonchev–Trinajstić information content (AvgIpc) is 2.85. The topological polar surface area (TPSA) is 76.7 Å². The molecular weight excluding hydrogens is 461 g/mol. The van der Waals surface area contributed by atoms with Gasteiger partial charge in [0, 0.05) is 15.5 Å². The SMILES string of the molecule is CC(N)=NCCC(Cl)C1NC(=O)/C(=C/c2cc(Br)c(C)c(Br)c2)O1. The molecule has 0 aromatic heterocycles. The number of rotatable bonds is 5. The molecule has 0 saturated carbocycles. The number of carbonyl (C=O) groups is 1. The van der Waals surface area contributed by atoms with Crippen LogP contribution in [0.5, 0.6) is 0 Å². The van der Waals surface area contributed by atoms with E-state index < -0.39 is 6.23 Å². The van der Waals surface area contributed by atoms with Crippen LogP contribution in [0.15, 0.2) is 31.8 Å². The van der Waals surface area contributed by atoms with Crippen molar-refractivity contribution >= 4 is 61.3 Å². The Kier molecular flexibility index (Phi) is 6.71. The van der Waals surface area contributed by atoms with Crippen LogP contribution < -0.4 is 11.1 Å². The van der Waals surface area contributed by atoms with Gasteiger partial charge in [-0.3, -0.25) is 9.79 Å². The maximum atomic E-state index is 12.1. The number of carbonyl (C=O) groups excluding carboxylic acids is 1. The van der Waals surface area contributed by atoms with Gasteiger partial charge in [0.2, 0.25) is 0 Å². The number of alkyl halides is 1. The molecule has 0 aliphatic carbocycles. The Labute approximate surface area is 162 Å². The molecule has 8 heteroatoms. The fourth-order valence-electron chi connectivity index (χ4n) is 2.10. The maximum Gasteiger partial charge on any atom is 0.289 e. The van der Waals surface area contributed by atoms with E-state index in [2.05, 4.69) is 42.2 Å². The molecule has 130 valence electrons. The second kappa shape index (κ2) is 8.36. The van der Waals surface area contributed by atoms with Crippen LogP contribution in [0.4, 0.5) is 0 Å². The Bertz CT molecular complexity index is 680. The predicted molar refractivity (Wildman–Crippen MR) is 104 cm³/mol. The molecule has 1 heterocycles. The summed E-state index contributed by atoms with van der Waals surface area (Å²) in [6, 6.07) is 3.85. The number of nitrogens with one attached hydrogen (secondary N) is 1. The smallest absolute Gasteiger partial charge is 0.289 e. The van der Waals surface area contributed by atoms with Gasteiger partial charge in [-0.15, -0.1) is 11.6 Å². The molecule has 1 aromatic carbocycles. The zero-order valence-corrected chi connectivity index (χ0v) is 17.2. The summed E-state index contributed by atoms with van der Waals surface area (Å²) in [6.07, 6.45) is 1.67. The summed E-state index contributed by atoms with van der Waals surface area (Å²) in [5, 5.41) is 2.35. The van der Waals surface area contributed by atoms with Gasteiger partial charge in [0.15, 0.2) is 12.0 Å². The number of benzene rings is 1. The van der Waals surface area contributed by atoms with Gasteiger partial charge in [-0.2, -0.15) is 0 Å². The van der Waals surface area contributed by atoms with E-state index in [4.69, 9.17) is 22.1 Å². The minimum absolute atomic E-state index is 0.242. The van der Waals surface area contributed by atoms with Crippen molar-refractivity contribution in [2.45, 2.75) is 31.9 Å². The van der Waals surface area contributed by atoms with Gasteiger partial charge in [-0.1, -0.05) is 31.9 Å². The molecule has 24 heavy (non-hydrogen) atoms. The summed E-state index contributed by atoms with van der Waals surface area (Å²) in [4.78, 5) is 16.2. The molecule has 0 bridgehead atoms. The highest BCUT2D eigenvalue weighted by Gasteiger charge is 2.33. The summed E-state index contributed by atoms with van der Waals surface area (Å²) < 4.78 is 7.56. The van der Waals surface area contributed by atoms with Crippen molar-refractivity contribution in [1.82, 2.24) is 5.32 Å². The molecule has 0 radical (unpaired) electrons. The zero-order valence-electron chi connectivity index (χ0n) is 13.3. The number of halogens is 3. The molecule has 2 unspecified atom stereocenters. The molecule has 2 atom stereocenters. The van der Waals surface area contributed by atoms with E-state index in [0.29, 0.717) is 18.8 Å². The molecule has 1 aliphatic heterocycles. The van der Waals surface area contributed by atoms with Gasteiger partial charge >= 0.3 is 0 Å². The first-order valence-electron chi connectivity index (χ1n) is 7.33. The van der Waals surface area contributed by atoms with Gasteiger partial charge in [0.25, 0.3) is 5.91 Å². The molecule has 1 aliphatic rings. The third-order valence-corrected chi connectivity index (χ3v) is 5.54. The normalized spacial score (nSPS) is 20.9. The van der Waals surface area contributed by atoms with Crippen molar-refractivity contribution in [3.8, 4) is 0 Å². The number of aliphatic imine (C=N–C) groups is 1. The lowest BCUT2D eigenvalue weighted by atomic mass is 10.1. The van der Waals surface area contributed by atoms with Crippen LogP contribution >= 0.6 is 43.5 Å². The lowest BCUT2D eigenvalue weighted by molar-refractivity contribution is -0.116. The molecule has 1 aromatic rings. The van der Waals surface area contributed by atoms with E-state index in [0.717, 1.165) is 20.1 Å². The minimum atomic E-state index is -0.573. The van der Waals surface area contributed by atoms with Crippen LogP contribution in [0.1, 0.15) is 24.5 Å². The van der Waals surface area contributed by atoms with Crippen molar-refractivity contribution in [2.24, 2.45) is 10.7 Å². The van der Waals surface area contributed by atoms with Crippen LogP contribution in [-0.2, 0) is 9.53 Å². The first kappa shape index (κ1) is 19.3. The third kappa shape index (κ3) is 4.97. The lowest BCUT2D eigenvalue weighted by Crippen LogP contribution is -2.34. The number of nitrogens with two attached hydrogens (primary N) is 1. The van der Waals surface area contributed by atoms with Gasteiger partial charge in [-0.05, 0) is 49.6 Å². The van der Waals surface area contributed by atoms with Crippen LogP contribution in [0.25, 0.3) is 6.08 Å². The Hall–Kier alpha value is -1.05. The number of hydrogen-bond donors (Lipinski definition) is 2. The standard InChI is InChI=1S/C16H18Br2ClN3O2/c1-8-11(17)5-10(6-12(8)18)7-14-15(23)22-16(24-14)13(19)3-4-21-9(2)20/h5-7,13,16H,3-4H2,1-2H3,(H2,20,21)(H,22,23)/b14-7-. The Balaban J connectivity index is 2.08. The molecule has 2 rings (SSSR count). The van der Waals surface area contributed by atoms with E-state index in [9.17, 15) is 4.79 Å². The van der Waals surface area contributed by atoms with Gasteiger partial charge in [0.05, 0.1) is 11.2 Å². The minimum Gasteiger partial charge on any atom is -0.463 e. The second-order valence-corrected chi connectivity index (χ2v) is 7.73. The zero-order chi connectivity index (χ0) is 17.9. The van der Waals surface area contributed by atoms with Crippen molar-refractivity contribution in [1.29, 1.82) is 0 Å². The van der Waals surface area contributed by atoms with Crippen LogP contribution in [0, 0.1) is 6.92 Å². The van der Waals surface area contributed by atoms with Crippen LogP contribution in [-0.4, -0.2) is 29.9 Å². The van der Waals surface area contributed by atoms with Crippen molar-refractivity contribution in [3.63, 3.8) is 0 Å². The molecule has 1 amide bonds. The van der Waals surface area contributed by atoms with Gasteiger partial charge in [-0.25, -0.2) is 0 Å². The molecule has 5 nitrogen and oxygen atoms in total. The maximum absolute atomic E-state index is 12.1. The summed E-state index contributed by atoms with van der Waals surface area (Å²) in [5.74, 6) is 0.468. The molecule has 1 fully saturated rings. The summed E-state index contributed by atoms with van der Waals surface area (Å²) in [7, 11) is 0. The molecule has 3 N–H and O–H groups in total. The van der Waals surface area contributed by atoms with Gasteiger partial charge in [0.1, 0.15) is 0 Å². The quantitative estimate of drug-likeness (QED) is 0.293. The largest absolute Gasteiger partial charge is 0.463 e. The third-order valence-electron chi connectivity index (χ3n) is 3.45. The highest BCUT2D eigenvalue weighted by molar-refractivity contribution is 9.11. The Morgan fingerprint density at radius 1 is 1.50 bits per heavy atom. The molecular formula is C16H18Br2ClN3O2. The first-order chi connectivity index (χ1) is 11.3. The summed E-state index contributed by atoms with van der Waals surface area (Å²) in [6.45, 7) is 4.20. The van der Waals surface area contributed by atoms with E-state index in [1.807, 2.05) is 19.1 Å². The average molecular weight is 480 g/mol. The van der Waals surface area contributed by atoms with E-state index in [1.165, 1.54) is 0 Å². The van der Waals surface area contributed by atoms with Gasteiger partial charge < -0.3 is 15.8 Å². The van der Waals surface area contributed by atoms with Crippen LogP contribution in [0.2, 0.25) is 0 Å². The summed E-state index contributed by atoms with van der Waals surface area (Å²) >= 11 is 13.3. The Morgan fingerprint density at radius 2 is 2.12 bits per heavy atom. The van der Waals surface area contributed by atoms with E-state index >= 15 is 0 Å². The monoisotopic (exact) mass is 477 g/mol. The molecule has 1 saturated heterocycles. The molecule has 0 spiro atoms. The lowest BCUT2D eigenvalue weighted by Gasteiger charge is -2.15. The highest BCUT2D eigenvalue weighted by atomic mass is 79.9. The number of nitrogens with zero attached hydrogens (tertiary/aromatic N) is 1. The number of hydrogen-bond acceptors (Lipinski definition) is 3. The number of amidine groups is 1. The second-order valence-electron chi connectivity index (χ2n) is 5.46. The fraction of sp³-hybridized carbons (Fsp3) is 0.375. The van der Waals surface area contributed by atoms with Crippen LogP contribution in [0.3, 0.4) is 0 Å². The first-order valence-corrected chi connectivity index (χ1v) is 9.35.